The van der Waals surface area contributed by atoms with Crippen molar-refractivity contribution in [2.45, 2.75) is 20.0 Å². The van der Waals surface area contributed by atoms with Crippen molar-refractivity contribution in [3.63, 3.8) is 0 Å². The smallest absolute Gasteiger partial charge is 0.331 e. The van der Waals surface area contributed by atoms with E-state index in [1.54, 1.807) is 25.1 Å². The van der Waals surface area contributed by atoms with Crippen LogP contribution in [0.3, 0.4) is 0 Å². The standard InChI is InChI=1S/C18H21N3O6/c1-4-20-18(24)21-17(23)12(2)27-16(22)8-6-13-5-7-14(26-10-9-19)15(11-13)25-3/h5-8,11-12H,4,10H2,1-3H3,(H2,20,21,23,24)/b8-6+/t12-/m1/s1. The van der Waals surface area contributed by atoms with Gasteiger partial charge in [-0.25, -0.2) is 9.59 Å². The molecule has 2 N–H and O–H groups in total. The van der Waals surface area contributed by atoms with Gasteiger partial charge in [-0.15, -0.1) is 0 Å². The molecule has 1 rings (SSSR count). The molecule has 0 fully saturated rings. The Morgan fingerprint density at radius 2 is 2.04 bits per heavy atom. The second kappa shape index (κ2) is 11.1. The van der Waals surface area contributed by atoms with Gasteiger partial charge in [-0.2, -0.15) is 5.26 Å². The van der Waals surface area contributed by atoms with Crippen molar-refractivity contribution in [1.29, 1.82) is 5.26 Å². The molecule has 0 aliphatic carbocycles. The predicted octanol–water partition coefficient (Wildman–Crippen LogP) is 1.39. The maximum atomic E-state index is 11.8. The molecule has 0 heterocycles. The number of rotatable bonds is 8. The summed E-state index contributed by atoms with van der Waals surface area (Å²) < 4.78 is 15.3. The normalized spacial score (nSPS) is 11.2. The van der Waals surface area contributed by atoms with E-state index in [9.17, 15) is 14.4 Å². The van der Waals surface area contributed by atoms with Crippen molar-refractivity contribution in [3.8, 4) is 17.6 Å². The van der Waals surface area contributed by atoms with Crippen molar-refractivity contribution in [1.82, 2.24) is 10.6 Å². The number of carbonyl (C=O) groups excluding carboxylic acids is 3. The van der Waals surface area contributed by atoms with Crippen LogP contribution in [0.2, 0.25) is 0 Å². The summed E-state index contributed by atoms with van der Waals surface area (Å²) in [6.07, 6.45) is 1.47. The van der Waals surface area contributed by atoms with Crippen LogP contribution in [0, 0.1) is 11.3 Å². The fourth-order valence-corrected chi connectivity index (χ4v) is 1.87. The Morgan fingerprint density at radius 1 is 1.30 bits per heavy atom. The molecule has 0 saturated carbocycles. The van der Waals surface area contributed by atoms with Crippen LogP contribution in [0.5, 0.6) is 11.5 Å². The lowest BCUT2D eigenvalue weighted by molar-refractivity contribution is -0.149. The minimum Gasteiger partial charge on any atom is -0.493 e. The first-order chi connectivity index (χ1) is 12.9. The number of nitrogens with zero attached hydrogens (tertiary/aromatic N) is 1. The van der Waals surface area contributed by atoms with Gasteiger partial charge in [0, 0.05) is 12.6 Å². The summed E-state index contributed by atoms with van der Waals surface area (Å²) in [7, 11) is 1.45. The maximum Gasteiger partial charge on any atom is 0.331 e. The molecule has 0 aliphatic rings. The molecule has 27 heavy (non-hydrogen) atoms. The Hall–Kier alpha value is -3.54. The zero-order valence-electron chi connectivity index (χ0n) is 15.3. The van der Waals surface area contributed by atoms with Crippen molar-refractivity contribution in [2.75, 3.05) is 20.3 Å². The van der Waals surface area contributed by atoms with Crippen LogP contribution < -0.4 is 20.1 Å². The van der Waals surface area contributed by atoms with Crippen LogP contribution in [0.25, 0.3) is 6.08 Å². The van der Waals surface area contributed by atoms with Crippen LogP contribution in [-0.4, -0.2) is 44.3 Å². The quantitative estimate of drug-likeness (QED) is 0.519. The van der Waals surface area contributed by atoms with Gasteiger partial charge in [-0.05, 0) is 37.6 Å². The highest BCUT2D eigenvalue weighted by Gasteiger charge is 2.18. The summed E-state index contributed by atoms with van der Waals surface area (Å²) in [5, 5.41) is 13.0. The van der Waals surface area contributed by atoms with Crippen LogP contribution in [-0.2, 0) is 14.3 Å². The summed E-state index contributed by atoms with van der Waals surface area (Å²) >= 11 is 0. The van der Waals surface area contributed by atoms with Gasteiger partial charge in [0.1, 0.15) is 6.07 Å². The number of nitriles is 1. The van der Waals surface area contributed by atoms with Crippen LogP contribution in [0.15, 0.2) is 24.3 Å². The van der Waals surface area contributed by atoms with Gasteiger partial charge in [0.05, 0.1) is 7.11 Å². The van der Waals surface area contributed by atoms with Gasteiger partial charge >= 0.3 is 12.0 Å². The molecule has 1 aromatic carbocycles. The molecule has 3 amide bonds. The summed E-state index contributed by atoms with van der Waals surface area (Å²) in [6, 6.07) is 6.07. The molecule has 0 radical (unpaired) electrons. The van der Waals surface area contributed by atoms with Crippen molar-refractivity contribution < 1.29 is 28.6 Å². The molecule has 0 bridgehead atoms. The molecule has 0 saturated heterocycles. The van der Waals surface area contributed by atoms with E-state index in [0.717, 1.165) is 6.08 Å². The van der Waals surface area contributed by atoms with Gasteiger partial charge in [0.25, 0.3) is 5.91 Å². The highest BCUT2D eigenvalue weighted by Crippen LogP contribution is 2.28. The zero-order valence-corrected chi connectivity index (χ0v) is 15.3. The molecular formula is C18H21N3O6. The molecule has 0 spiro atoms. The first-order valence-corrected chi connectivity index (χ1v) is 8.06. The molecular weight excluding hydrogens is 354 g/mol. The Kier molecular flexibility index (Phi) is 8.88. The predicted molar refractivity (Wildman–Crippen MR) is 95.9 cm³/mol. The number of ether oxygens (including phenoxy) is 3. The number of esters is 1. The van der Waals surface area contributed by atoms with E-state index in [2.05, 4.69) is 10.6 Å². The number of benzene rings is 1. The van der Waals surface area contributed by atoms with E-state index >= 15 is 0 Å². The number of imide groups is 1. The lowest BCUT2D eigenvalue weighted by Crippen LogP contribution is -2.44. The number of carbonyl (C=O) groups is 3. The van der Waals surface area contributed by atoms with Crippen LogP contribution in [0.4, 0.5) is 4.79 Å². The Bertz CT molecular complexity index is 754. The molecule has 144 valence electrons. The SMILES string of the molecule is CCNC(=O)NC(=O)[C@@H](C)OC(=O)/C=C/c1ccc(OCC#N)c(OC)c1. The fourth-order valence-electron chi connectivity index (χ4n) is 1.87. The van der Waals surface area contributed by atoms with E-state index < -0.39 is 24.0 Å². The number of hydrogen-bond acceptors (Lipinski definition) is 7. The van der Waals surface area contributed by atoms with Crippen molar-refractivity contribution in [2.24, 2.45) is 0 Å². The number of nitrogens with one attached hydrogen (secondary N) is 2. The lowest BCUT2D eigenvalue weighted by Gasteiger charge is -2.11. The molecule has 0 aliphatic heterocycles. The van der Waals surface area contributed by atoms with Gasteiger partial charge in [-0.3, -0.25) is 10.1 Å². The average molecular weight is 375 g/mol. The second-order valence-electron chi connectivity index (χ2n) is 5.12. The van der Waals surface area contributed by atoms with E-state index in [4.69, 9.17) is 19.5 Å². The summed E-state index contributed by atoms with van der Waals surface area (Å²) in [4.78, 5) is 34.8. The third-order valence-electron chi connectivity index (χ3n) is 3.13. The highest BCUT2D eigenvalue weighted by molar-refractivity contribution is 5.98. The second-order valence-corrected chi connectivity index (χ2v) is 5.12. The molecule has 0 unspecified atom stereocenters. The largest absolute Gasteiger partial charge is 0.493 e. The monoisotopic (exact) mass is 375 g/mol. The van der Waals surface area contributed by atoms with Gasteiger partial charge in [0.15, 0.2) is 24.2 Å². The Labute approximate surface area is 156 Å². The zero-order chi connectivity index (χ0) is 20.2. The summed E-state index contributed by atoms with van der Waals surface area (Å²) in [6.45, 7) is 3.30. The van der Waals surface area contributed by atoms with Crippen LogP contribution in [0.1, 0.15) is 19.4 Å². The average Bonchev–Trinajstić information content (AvgIpc) is 2.64. The van der Waals surface area contributed by atoms with E-state index in [0.29, 0.717) is 23.6 Å². The Balaban J connectivity index is 2.65. The summed E-state index contributed by atoms with van der Waals surface area (Å²) in [5.41, 5.74) is 0.618. The van der Waals surface area contributed by atoms with Gasteiger partial charge in [-0.1, -0.05) is 6.07 Å². The minimum absolute atomic E-state index is 0.117. The lowest BCUT2D eigenvalue weighted by atomic mass is 10.2. The highest BCUT2D eigenvalue weighted by atomic mass is 16.5. The number of urea groups is 1. The number of hydrogen-bond donors (Lipinski definition) is 2. The topological polar surface area (TPSA) is 127 Å². The molecule has 9 nitrogen and oxygen atoms in total. The number of methoxy groups -OCH3 is 1. The minimum atomic E-state index is -1.14. The third kappa shape index (κ3) is 7.48. The van der Waals surface area contributed by atoms with E-state index in [1.165, 1.54) is 20.1 Å². The molecule has 1 atom stereocenters. The number of amides is 3. The Morgan fingerprint density at radius 3 is 2.67 bits per heavy atom. The van der Waals surface area contributed by atoms with E-state index in [1.807, 2.05) is 6.07 Å². The maximum absolute atomic E-state index is 11.8. The van der Waals surface area contributed by atoms with Crippen LogP contribution >= 0.6 is 0 Å². The van der Waals surface area contributed by atoms with Gasteiger partial charge < -0.3 is 19.5 Å². The summed E-state index contributed by atoms with van der Waals surface area (Å²) in [5.74, 6) is -0.689. The third-order valence-corrected chi connectivity index (χ3v) is 3.13. The first kappa shape index (κ1) is 21.5. The molecule has 9 heteroatoms. The van der Waals surface area contributed by atoms with Gasteiger partial charge in [0.2, 0.25) is 0 Å². The molecule has 0 aromatic heterocycles. The molecule has 1 aromatic rings. The fraction of sp³-hybridized carbons (Fsp3) is 0.333. The first-order valence-electron chi connectivity index (χ1n) is 8.06. The van der Waals surface area contributed by atoms with Crippen molar-refractivity contribution >= 4 is 24.0 Å². The van der Waals surface area contributed by atoms with E-state index in [-0.39, 0.29) is 6.61 Å². The van der Waals surface area contributed by atoms with Crippen molar-refractivity contribution in [3.05, 3.63) is 29.8 Å².